The SMILES string of the molecule is CCN/C=C1/C=CC(c2cccnc2C)=CC1NC. The van der Waals surface area contributed by atoms with Gasteiger partial charge >= 0.3 is 0 Å². The Morgan fingerprint density at radius 1 is 1.37 bits per heavy atom. The molecule has 2 N–H and O–H groups in total. The van der Waals surface area contributed by atoms with Gasteiger partial charge < -0.3 is 10.6 Å². The molecule has 0 bridgehead atoms. The average Bonchev–Trinajstić information content (AvgIpc) is 2.45. The minimum absolute atomic E-state index is 0.235. The maximum Gasteiger partial charge on any atom is 0.0527 e. The van der Waals surface area contributed by atoms with E-state index < -0.39 is 0 Å². The van der Waals surface area contributed by atoms with E-state index in [4.69, 9.17) is 0 Å². The summed E-state index contributed by atoms with van der Waals surface area (Å²) in [6, 6.07) is 4.33. The maximum absolute atomic E-state index is 4.35. The van der Waals surface area contributed by atoms with Crippen LogP contribution in [-0.4, -0.2) is 24.6 Å². The molecule has 3 nitrogen and oxygen atoms in total. The van der Waals surface area contributed by atoms with Crippen molar-refractivity contribution >= 4 is 5.57 Å². The summed E-state index contributed by atoms with van der Waals surface area (Å²) in [7, 11) is 1.98. The highest BCUT2D eigenvalue weighted by molar-refractivity contribution is 5.78. The Balaban J connectivity index is 2.29. The first-order chi connectivity index (χ1) is 9.26. The maximum atomic E-state index is 4.35. The molecule has 3 heteroatoms. The van der Waals surface area contributed by atoms with Crippen LogP contribution in [-0.2, 0) is 0 Å². The first-order valence-corrected chi connectivity index (χ1v) is 6.69. The number of aromatic nitrogens is 1. The number of hydrogen-bond donors (Lipinski definition) is 2. The Labute approximate surface area is 115 Å². The molecule has 1 heterocycles. The number of nitrogens with zero attached hydrogens (tertiary/aromatic N) is 1. The van der Waals surface area contributed by atoms with Gasteiger partial charge in [-0.1, -0.05) is 24.3 Å². The van der Waals surface area contributed by atoms with E-state index in [1.165, 1.54) is 16.7 Å². The zero-order valence-corrected chi connectivity index (χ0v) is 11.8. The third kappa shape index (κ3) is 3.12. The first-order valence-electron chi connectivity index (χ1n) is 6.69. The fraction of sp³-hybridized carbons (Fsp3) is 0.312. The van der Waals surface area contributed by atoms with Crippen molar-refractivity contribution in [3.8, 4) is 0 Å². The molecule has 1 atom stereocenters. The molecule has 1 aromatic heterocycles. The lowest BCUT2D eigenvalue weighted by Gasteiger charge is -2.20. The van der Waals surface area contributed by atoms with Gasteiger partial charge in [0.15, 0.2) is 0 Å². The second kappa shape index (κ2) is 6.34. The lowest BCUT2D eigenvalue weighted by atomic mass is 9.93. The van der Waals surface area contributed by atoms with Gasteiger partial charge in [-0.25, -0.2) is 0 Å². The molecule has 2 rings (SSSR count). The zero-order chi connectivity index (χ0) is 13.7. The Bertz CT molecular complexity index is 527. The first kappa shape index (κ1) is 13.6. The third-order valence-corrected chi connectivity index (χ3v) is 3.26. The van der Waals surface area contributed by atoms with Crippen LogP contribution in [0.2, 0.25) is 0 Å². The van der Waals surface area contributed by atoms with Crippen LogP contribution in [0.4, 0.5) is 0 Å². The van der Waals surface area contributed by atoms with Gasteiger partial charge in [0, 0.05) is 30.2 Å². The van der Waals surface area contributed by atoms with Gasteiger partial charge in [-0.05, 0) is 38.1 Å². The van der Waals surface area contributed by atoms with Gasteiger partial charge in [0.2, 0.25) is 0 Å². The molecular weight excluding hydrogens is 234 g/mol. The summed E-state index contributed by atoms with van der Waals surface area (Å²) in [6.07, 6.45) is 10.5. The molecule has 0 aliphatic heterocycles. The lowest BCUT2D eigenvalue weighted by Crippen LogP contribution is -2.27. The van der Waals surface area contributed by atoms with Gasteiger partial charge in [-0.3, -0.25) is 4.98 Å². The number of likely N-dealkylation sites (N-methyl/N-ethyl adjacent to an activating group) is 1. The van der Waals surface area contributed by atoms with Crippen molar-refractivity contribution in [2.75, 3.05) is 13.6 Å². The molecule has 1 aliphatic rings. The van der Waals surface area contributed by atoms with E-state index in [1.54, 1.807) is 0 Å². The van der Waals surface area contributed by atoms with E-state index in [9.17, 15) is 0 Å². The van der Waals surface area contributed by atoms with Crippen LogP contribution in [0.1, 0.15) is 18.2 Å². The van der Waals surface area contributed by atoms with Crippen LogP contribution in [0.15, 0.2) is 48.3 Å². The summed E-state index contributed by atoms with van der Waals surface area (Å²) in [5.41, 5.74) is 4.72. The predicted molar refractivity (Wildman–Crippen MR) is 80.7 cm³/mol. The molecule has 1 aliphatic carbocycles. The van der Waals surface area contributed by atoms with Gasteiger partial charge in [0.1, 0.15) is 0 Å². The third-order valence-electron chi connectivity index (χ3n) is 3.26. The van der Waals surface area contributed by atoms with Crippen molar-refractivity contribution in [1.29, 1.82) is 0 Å². The quantitative estimate of drug-likeness (QED) is 0.867. The van der Waals surface area contributed by atoms with Gasteiger partial charge in [0.25, 0.3) is 0 Å². The molecule has 1 aromatic rings. The largest absolute Gasteiger partial charge is 0.391 e. The number of allylic oxidation sites excluding steroid dienone is 2. The summed E-state index contributed by atoms with van der Waals surface area (Å²) in [4.78, 5) is 4.35. The van der Waals surface area contributed by atoms with Crippen molar-refractivity contribution in [2.24, 2.45) is 0 Å². The summed E-state index contributed by atoms with van der Waals surface area (Å²) in [6.45, 7) is 5.08. The number of nitrogens with one attached hydrogen (secondary N) is 2. The summed E-state index contributed by atoms with van der Waals surface area (Å²) in [5, 5.41) is 6.58. The average molecular weight is 255 g/mol. The van der Waals surface area contributed by atoms with E-state index in [0.29, 0.717) is 0 Å². The molecule has 0 fully saturated rings. The Hall–Kier alpha value is -1.87. The van der Waals surface area contributed by atoms with Crippen LogP contribution in [0.25, 0.3) is 5.57 Å². The molecule has 0 amide bonds. The highest BCUT2D eigenvalue weighted by Gasteiger charge is 2.14. The summed E-state index contributed by atoms with van der Waals surface area (Å²) >= 11 is 0. The van der Waals surface area contributed by atoms with E-state index >= 15 is 0 Å². The molecule has 100 valence electrons. The van der Waals surface area contributed by atoms with Crippen LogP contribution in [0.5, 0.6) is 0 Å². The van der Waals surface area contributed by atoms with Crippen LogP contribution in [0.3, 0.4) is 0 Å². The molecule has 0 spiro atoms. The predicted octanol–water partition coefficient (Wildman–Crippen LogP) is 2.42. The number of aryl methyl sites for hydroxylation is 1. The molecule has 0 aromatic carbocycles. The normalized spacial score (nSPS) is 20.5. The van der Waals surface area contributed by atoms with Gasteiger partial charge in [-0.2, -0.15) is 0 Å². The Kier molecular flexibility index (Phi) is 4.53. The molecule has 19 heavy (non-hydrogen) atoms. The zero-order valence-electron chi connectivity index (χ0n) is 11.8. The molecule has 1 unspecified atom stereocenters. The molecule has 0 radical (unpaired) electrons. The van der Waals surface area contributed by atoms with E-state index in [0.717, 1.165) is 12.2 Å². The van der Waals surface area contributed by atoms with Crippen molar-refractivity contribution in [1.82, 2.24) is 15.6 Å². The van der Waals surface area contributed by atoms with Crippen molar-refractivity contribution < 1.29 is 0 Å². The number of rotatable bonds is 4. The summed E-state index contributed by atoms with van der Waals surface area (Å²) < 4.78 is 0. The second-order valence-corrected chi connectivity index (χ2v) is 4.56. The van der Waals surface area contributed by atoms with Crippen LogP contribution < -0.4 is 10.6 Å². The molecule has 0 saturated carbocycles. The Morgan fingerprint density at radius 2 is 2.21 bits per heavy atom. The Morgan fingerprint density at radius 3 is 2.89 bits per heavy atom. The highest BCUT2D eigenvalue weighted by Crippen LogP contribution is 2.25. The fourth-order valence-electron chi connectivity index (χ4n) is 2.20. The minimum Gasteiger partial charge on any atom is -0.391 e. The standard InChI is InChI=1S/C16H21N3/c1-4-18-11-14-8-7-13(10-16(14)17-3)15-6-5-9-19-12(15)2/h5-11,16-18H,4H2,1-3H3/b14-11-. The van der Waals surface area contributed by atoms with E-state index in [2.05, 4.69) is 53.0 Å². The molecule has 0 saturated heterocycles. The van der Waals surface area contributed by atoms with Crippen LogP contribution in [0, 0.1) is 6.92 Å². The summed E-state index contributed by atoms with van der Waals surface area (Å²) in [5.74, 6) is 0. The van der Waals surface area contributed by atoms with Crippen LogP contribution >= 0.6 is 0 Å². The van der Waals surface area contributed by atoms with Gasteiger partial charge in [0.05, 0.1) is 6.04 Å². The second-order valence-electron chi connectivity index (χ2n) is 4.56. The van der Waals surface area contributed by atoms with Crippen molar-refractivity contribution in [3.63, 3.8) is 0 Å². The topological polar surface area (TPSA) is 37.0 Å². The number of hydrogen-bond acceptors (Lipinski definition) is 3. The smallest absolute Gasteiger partial charge is 0.0527 e. The highest BCUT2D eigenvalue weighted by atomic mass is 14.9. The van der Waals surface area contributed by atoms with Gasteiger partial charge in [-0.15, -0.1) is 0 Å². The molecular formula is C16H21N3. The minimum atomic E-state index is 0.235. The monoisotopic (exact) mass is 255 g/mol. The van der Waals surface area contributed by atoms with Crippen molar-refractivity contribution in [2.45, 2.75) is 19.9 Å². The lowest BCUT2D eigenvalue weighted by molar-refractivity contribution is 0.752. The fourth-order valence-corrected chi connectivity index (χ4v) is 2.20. The van der Waals surface area contributed by atoms with Crippen molar-refractivity contribution in [3.05, 3.63) is 59.6 Å². The van der Waals surface area contributed by atoms with E-state index in [-0.39, 0.29) is 6.04 Å². The van der Waals surface area contributed by atoms with E-state index in [1.807, 2.05) is 26.2 Å². The number of pyridine rings is 1.